The normalized spacial score (nSPS) is 13.0. The lowest BCUT2D eigenvalue weighted by atomic mass is 10.1. The number of fused-ring (bicyclic) bond motifs is 2. The van der Waals surface area contributed by atoms with Gasteiger partial charge in [-0.25, -0.2) is 0 Å². The van der Waals surface area contributed by atoms with Crippen molar-refractivity contribution < 1.29 is 9.59 Å². The van der Waals surface area contributed by atoms with Gasteiger partial charge in [-0.1, -0.05) is 40.2 Å². The summed E-state index contributed by atoms with van der Waals surface area (Å²) >= 11 is 3.35. The molecule has 3 rings (SSSR count). The summed E-state index contributed by atoms with van der Waals surface area (Å²) in [5.41, 5.74) is 2.49. The molecule has 1 heterocycles. The Kier molecular flexibility index (Phi) is 4.24. The van der Waals surface area contributed by atoms with Crippen LogP contribution in [-0.4, -0.2) is 17.1 Å². The molecule has 2 amide bonds. The van der Waals surface area contributed by atoms with Gasteiger partial charge in [-0.15, -0.1) is 0 Å². The van der Waals surface area contributed by atoms with Gasteiger partial charge in [0.2, 0.25) is 5.91 Å². The average molecular weight is 359 g/mol. The van der Waals surface area contributed by atoms with E-state index in [1.807, 2.05) is 36.4 Å². The van der Waals surface area contributed by atoms with Crippen LogP contribution < -0.4 is 10.2 Å². The number of halogens is 1. The second-order valence-electron chi connectivity index (χ2n) is 5.01. The Balaban J connectivity index is 2.15. The molecule has 0 saturated heterocycles. The lowest BCUT2D eigenvalue weighted by Crippen LogP contribution is -2.26. The molecule has 0 fully saturated rings. The van der Waals surface area contributed by atoms with E-state index in [9.17, 15) is 9.59 Å². The molecular weight excluding hydrogens is 344 g/mol. The fourth-order valence-corrected chi connectivity index (χ4v) is 2.83. The maximum Gasteiger partial charge on any atom is 0.257 e. The van der Waals surface area contributed by atoms with Crippen molar-refractivity contribution in [3.8, 4) is 0 Å². The van der Waals surface area contributed by atoms with Crippen LogP contribution in [0.4, 0.5) is 17.1 Å². The highest BCUT2D eigenvalue weighted by Gasteiger charge is 2.28. The molecule has 22 heavy (non-hydrogen) atoms. The smallest absolute Gasteiger partial charge is 0.257 e. The van der Waals surface area contributed by atoms with Crippen molar-refractivity contribution in [3.63, 3.8) is 0 Å². The lowest BCUT2D eigenvalue weighted by molar-refractivity contribution is -0.117. The van der Waals surface area contributed by atoms with Crippen LogP contribution in [0.5, 0.6) is 0 Å². The number of carbonyl (C=O) groups is 2. The third-order valence-corrected chi connectivity index (χ3v) is 4.12. The molecule has 0 atom stereocenters. The molecule has 2 aromatic rings. The Morgan fingerprint density at radius 2 is 1.73 bits per heavy atom. The number of benzene rings is 2. The van der Waals surface area contributed by atoms with Gasteiger partial charge in [-0.3, -0.25) is 14.5 Å². The number of alkyl halides is 1. The number of para-hydroxylation sites is 3. The number of hydrogen-bond donors (Lipinski definition) is 1. The Hall–Kier alpha value is -2.14. The quantitative estimate of drug-likeness (QED) is 0.840. The number of hydrogen-bond acceptors (Lipinski definition) is 2. The van der Waals surface area contributed by atoms with E-state index < -0.39 is 0 Å². The number of anilines is 3. The molecule has 0 bridgehead atoms. The highest BCUT2D eigenvalue weighted by Crippen LogP contribution is 2.38. The molecule has 4 nitrogen and oxygen atoms in total. The van der Waals surface area contributed by atoms with E-state index in [1.165, 1.54) is 0 Å². The Labute approximate surface area is 137 Å². The SMILES string of the molecule is O=C1Nc2ccccc2N(C(=O)CCCBr)c2ccccc21. The molecule has 0 spiro atoms. The molecule has 0 radical (unpaired) electrons. The van der Waals surface area contributed by atoms with Crippen LogP contribution >= 0.6 is 15.9 Å². The Bertz CT molecular complexity index is 730. The summed E-state index contributed by atoms with van der Waals surface area (Å²) in [6.07, 6.45) is 1.17. The van der Waals surface area contributed by atoms with E-state index >= 15 is 0 Å². The highest BCUT2D eigenvalue weighted by molar-refractivity contribution is 9.09. The predicted molar refractivity (Wildman–Crippen MR) is 91.0 cm³/mol. The summed E-state index contributed by atoms with van der Waals surface area (Å²) in [6.45, 7) is 0. The van der Waals surface area contributed by atoms with Crippen molar-refractivity contribution in [2.45, 2.75) is 12.8 Å². The maximum absolute atomic E-state index is 12.7. The standard InChI is InChI=1S/C17H15BrN2O2/c18-11-5-10-16(21)20-14-8-3-1-6-12(14)17(22)19-13-7-2-4-9-15(13)20/h1-4,6-9H,5,10-11H2,(H,19,22). The minimum Gasteiger partial charge on any atom is -0.320 e. The van der Waals surface area contributed by atoms with Crippen LogP contribution in [0.2, 0.25) is 0 Å². The molecule has 1 aliphatic rings. The first-order valence-electron chi connectivity index (χ1n) is 7.10. The van der Waals surface area contributed by atoms with Gasteiger partial charge in [0.25, 0.3) is 5.91 Å². The molecule has 1 N–H and O–H groups in total. The number of rotatable bonds is 3. The largest absolute Gasteiger partial charge is 0.320 e. The first-order chi connectivity index (χ1) is 10.7. The van der Waals surface area contributed by atoms with Gasteiger partial charge >= 0.3 is 0 Å². The fourth-order valence-electron chi connectivity index (χ4n) is 2.55. The minimum absolute atomic E-state index is 0.0177. The van der Waals surface area contributed by atoms with E-state index in [0.29, 0.717) is 29.0 Å². The average Bonchev–Trinajstić information content (AvgIpc) is 2.67. The molecule has 0 aromatic heterocycles. The molecule has 5 heteroatoms. The number of amides is 2. The van der Waals surface area contributed by atoms with Crippen LogP contribution in [0.1, 0.15) is 23.2 Å². The molecule has 0 aliphatic carbocycles. The number of nitrogens with one attached hydrogen (secondary N) is 1. The van der Waals surface area contributed by atoms with Crippen molar-refractivity contribution in [1.82, 2.24) is 0 Å². The summed E-state index contributed by atoms with van der Waals surface area (Å²) in [6, 6.07) is 14.6. The van der Waals surface area contributed by atoms with Crippen molar-refractivity contribution in [3.05, 3.63) is 54.1 Å². The minimum atomic E-state index is -0.196. The van der Waals surface area contributed by atoms with Crippen molar-refractivity contribution in [2.24, 2.45) is 0 Å². The van der Waals surface area contributed by atoms with E-state index in [0.717, 1.165) is 11.8 Å². The van der Waals surface area contributed by atoms with Gasteiger partial charge in [-0.05, 0) is 30.7 Å². The van der Waals surface area contributed by atoms with Gasteiger partial charge in [0.05, 0.1) is 22.6 Å². The van der Waals surface area contributed by atoms with E-state index in [4.69, 9.17) is 0 Å². The van der Waals surface area contributed by atoms with Gasteiger partial charge in [-0.2, -0.15) is 0 Å². The topological polar surface area (TPSA) is 49.4 Å². The molecular formula is C17H15BrN2O2. The Morgan fingerprint density at radius 1 is 1.05 bits per heavy atom. The van der Waals surface area contributed by atoms with Crippen LogP contribution in [0, 0.1) is 0 Å². The Morgan fingerprint density at radius 3 is 2.50 bits per heavy atom. The lowest BCUT2D eigenvalue weighted by Gasteiger charge is -2.23. The van der Waals surface area contributed by atoms with Gasteiger partial charge < -0.3 is 5.32 Å². The molecule has 0 unspecified atom stereocenters. The first-order valence-corrected chi connectivity index (χ1v) is 8.23. The van der Waals surface area contributed by atoms with Crippen molar-refractivity contribution in [1.29, 1.82) is 0 Å². The predicted octanol–water partition coefficient (Wildman–Crippen LogP) is 4.09. The molecule has 112 valence electrons. The molecule has 0 saturated carbocycles. The summed E-state index contributed by atoms with van der Waals surface area (Å²) in [5.74, 6) is -0.213. The molecule has 1 aliphatic heterocycles. The summed E-state index contributed by atoms with van der Waals surface area (Å²) in [7, 11) is 0. The van der Waals surface area contributed by atoms with Gasteiger partial charge in [0.1, 0.15) is 0 Å². The first kappa shape index (κ1) is 14.8. The number of carbonyl (C=O) groups excluding carboxylic acids is 2. The summed E-state index contributed by atoms with van der Waals surface area (Å²) in [4.78, 5) is 26.7. The maximum atomic E-state index is 12.7. The molecule has 2 aromatic carbocycles. The zero-order valence-electron chi connectivity index (χ0n) is 11.9. The highest BCUT2D eigenvalue weighted by atomic mass is 79.9. The monoisotopic (exact) mass is 358 g/mol. The van der Waals surface area contributed by atoms with Crippen molar-refractivity contribution in [2.75, 3.05) is 15.5 Å². The van der Waals surface area contributed by atoms with Gasteiger partial charge in [0.15, 0.2) is 0 Å². The van der Waals surface area contributed by atoms with Crippen LogP contribution in [0.3, 0.4) is 0 Å². The number of nitrogens with zero attached hydrogens (tertiary/aromatic N) is 1. The second kappa shape index (κ2) is 6.32. The third kappa shape index (κ3) is 2.64. The summed E-state index contributed by atoms with van der Waals surface area (Å²) in [5, 5.41) is 3.65. The zero-order valence-corrected chi connectivity index (χ0v) is 13.5. The third-order valence-electron chi connectivity index (χ3n) is 3.56. The fraction of sp³-hybridized carbons (Fsp3) is 0.176. The zero-order chi connectivity index (χ0) is 15.5. The second-order valence-corrected chi connectivity index (χ2v) is 5.80. The van der Waals surface area contributed by atoms with Crippen LogP contribution in [0.15, 0.2) is 48.5 Å². The van der Waals surface area contributed by atoms with Gasteiger partial charge in [0, 0.05) is 11.8 Å². The van der Waals surface area contributed by atoms with Crippen molar-refractivity contribution >= 4 is 44.8 Å². The van der Waals surface area contributed by atoms with Crippen LogP contribution in [-0.2, 0) is 4.79 Å². The van der Waals surface area contributed by atoms with E-state index in [-0.39, 0.29) is 11.8 Å². The van der Waals surface area contributed by atoms with E-state index in [1.54, 1.807) is 17.0 Å². The summed E-state index contributed by atoms with van der Waals surface area (Å²) < 4.78 is 0. The van der Waals surface area contributed by atoms with Crippen LogP contribution in [0.25, 0.3) is 0 Å². The van der Waals surface area contributed by atoms with E-state index in [2.05, 4.69) is 21.2 Å².